The highest BCUT2D eigenvalue weighted by molar-refractivity contribution is 7.89. The number of rotatable bonds is 4. The van der Waals surface area contributed by atoms with Crippen molar-refractivity contribution in [1.29, 1.82) is 0 Å². The summed E-state index contributed by atoms with van der Waals surface area (Å²) in [7, 11) is -3.75. The lowest BCUT2D eigenvalue weighted by Crippen LogP contribution is -2.38. The highest BCUT2D eigenvalue weighted by atomic mass is 32.2. The van der Waals surface area contributed by atoms with E-state index in [-0.39, 0.29) is 23.0 Å². The van der Waals surface area contributed by atoms with E-state index in [0.29, 0.717) is 23.9 Å². The third-order valence-corrected chi connectivity index (χ3v) is 7.67. The molecular formula is C24H23F4N3O5S. The third kappa shape index (κ3) is 6.41. The quantitative estimate of drug-likeness (QED) is 0.485. The number of fused-ring (bicyclic) bond motifs is 1. The van der Waals surface area contributed by atoms with Crippen molar-refractivity contribution in [1.82, 2.24) is 14.6 Å². The summed E-state index contributed by atoms with van der Waals surface area (Å²) >= 11 is 0. The second-order valence-electron chi connectivity index (χ2n) is 8.40. The Morgan fingerprint density at radius 1 is 1.08 bits per heavy atom. The topological polar surface area (TPSA) is 117 Å². The Balaban J connectivity index is 0.000000479. The summed E-state index contributed by atoms with van der Waals surface area (Å²) in [5.41, 5.74) is 1.58. The van der Waals surface area contributed by atoms with Gasteiger partial charge in [-0.2, -0.15) is 17.5 Å². The fraction of sp³-hybridized carbons (Fsp3) is 0.292. The van der Waals surface area contributed by atoms with Gasteiger partial charge in [0, 0.05) is 42.5 Å². The van der Waals surface area contributed by atoms with Crippen LogP contribution in [0.5, 0.6) is 0 Å². The molecule has 0 spiro atoms. The van der Waals surface area contributed by atoms with E-state index in [9.17, 15) is 30.8 Å². The second kappa shape index (κ2) is 10.8. The number of alkyl halides is 3. The molecule has 4 rings (SSSR count). The monoisotopic (exact) mass is 541 g/mol. The molecule has 3 aromatic rings. The molecule has 0 saturated carbocycles. The number of nitrogens with zero attached hydrogens (tertiary/aromatic N) is 2. The predicted molar refractivity (Wildman–Crippen MR) is 126 cm³/mol. The summed E-state index contributed by atoms with van der Waals surface area (Å²) in [6.45, 7) is 3.98. The van der Waals surface area contributed by atoms with E-state index in [0.717, 1.165) is 10.9 Å². The minimum atomic E-state index is -5.08. The van der Waals surface area contributed by atoms with Gasteiger partial charge < -0.3 is 10.4 Å². The van der Waals surface area contributed by atoms with Gasteiger partial charge in [0.1, 0.15) is 5.82 Å². The molecule has 8 nitrogen and oxygen atoms in total. The number of halogens is 4. The Kier molecular flexibility index (Phi) is 8.18. The van der Waals surface area contributed by atoms with Gasteiger partial charge in [-0.25, -0.2) is 17.6 Å². The van der Waals surface area contributed by atoms with Crippen molar-refractivity contribution in [3.05, 3.63) is 71.3 Å². The molecule has 1 atom stereocenters. The smallest absolute Gasteiger partial charge is 0.475 e. The first-order valence-electron chi connectivity index (χ1n) is 10.9. The minimum absolute atomic E-state index is 0.165. The molecule has 0 aliphatic carbocycles. The summed E-state index contributed by atoms with van der Waals surface area (Å²) in [5.74, 6) is -3.62. The van der Waals surface area contributed by atoms with Gasteiger partial charge in [-0.1, -0.05) is 18.2 Å². The second-order valence-corrected chi connectivity index (χ2v) is 10.3. The van der Waals surface area contributed by atoms with Gasteiger partial charge in [-0.05, 0) is 55.0 Å². The Bertz CT molecular complexity index is 1440. The normalized spacial score (nSPS) is 16.2. The van der Waals surface area contributed by atoms with Crippen molar-refractivity contribution in [2.75, 3.05) is 13.1 Å². The number of hydrogen-bond donors (Lipinski definition) is 2. The van der Waals surface area contributed by atoms with E-state index < -0.39 is 33.9 Å². The zero-order valence-corrected chi connectivity index (χ0v) is 20.5. The molecule has 1 aliphatic heterocycles. The highest BCUT2D eigenvalue weighted by Crippen LogP contribution is 2.29. The maximum Gasteiger partial charge on any atom is 0.490 e. The van der Waals surface area contributed by atoms with Crippen LogP contribution in [-0.2, 0) is 14.8 Å². The fourth-order valence-electron chi connectivity index (χ4n) is 3.75. The van der Waals surface area contributed by atoms with Crippen LogP contribution in [0.15, 0.2) is 53.7 Å². The zero-order chi connectivity index (χ0) is 27.5. The number of hydrogen-bond acceptors (Lipinski definition) is 5. The number of aryl methyl sites for hydroxylation is 2. The van der Waals surface area contributed by atoms with Gasteiger partial charge >= 0.3 is 12.1 Å². The average molecular weight is 542 g/mol. The largest absolute Gasteiger partial charge is 0.490 e. The maximum atomic E-state index is 13.7. The molecule has 2 heterocycles. The first-order valence-corrected chi connectivity index (χ1v) is 12.4. The number of benzene rings is 2. The van der Waals surface area contributed by atoms with Crippen LogP contribution in [0.4, 0.5) is 17.6 Å². The number of carbonyl (C=O) groups is 2. The van der Waals surface area contributed by atoms with Gasteiger partial charge in [-0.3, -0.25) is 9.78 Å². The number of carboxylic acids is 1. The standard InChI is InChI=1S/C22H22FN3O3S.C2HF3O2/c1-14-6-7-16(10-20(14)23)22(27)25-17-8-9-26(13-17)30(28,29)21-5-3-4-18-15(2)11-24-12-19(18)21;3-2(4,5)1(6)7/h3-7,10-12,17H,8-9,13H2,1-2H3,(H,25,27);(H,6,7)/t17-;/m1./s1. The SMILES string of the molecule is Cc1ccc(C(=O)N[C@@H]2CCN(S(=O)(=O)c3cccc4c(C)cncc34)C2)cc1F.O=C(O)C(F)(F)F. The van der Waals surface area contributed by atoms with E-state index in [1.165, 1.54) is 10.4 Å². The van der Waals surface area contributed by atoms with E-state index in [1.54, 1.807) is 43.6 Å². The van der Waals surface area contributed by atoms with Crippen LogP contribution >= 0.6 is 0 Å². The third-order valence-electron chi connectivity index (χ3n) is 5.74. The molecule has 2 N–H and O–H groups in total. The summed E-state index contributed by atoms with van der Waals surface area (Å²) < 4.78 is 73.4. The Morgan fingerprint density at radius 3 is 2.38 bits per heavy atom. The number of nitrogens with one attached hydrogen (secondary N) is 1. The van der Waals surface area contributed by atoms with Crippen LogP contribution < -0.4 is 5.32 Å². The van der Waals surface area contributed by atoms with E-state index in [4.69, 9.17) is 9.90 Å². The van der Waals surface area contributed by atoms with Crippen LogP contribution in [0, 0.1) is 19.7 Å². The van der Waals surface area contributed by atoms with Gasteiger partial charge in [0.25, 0.3) is 5.91 Å². The molecule has 2 aromatic carbocycles. The van der Waals surface area contributed by atoms with E-state index in [2.05, 4.69) is 10.3 Å². The summed E-state index contributed by atoms with van der Waals surface area (Å²) in [6.07, 6.45) is -1.33. The zero-order valence-electron chi connectivity index (χ0n) is 19.7. The molecule has 1 saturated heterocycles. The van der Waals surface area contributed by atoms with Gasteiger partial charge in [-0.15, -0.1) is 0 Å². The molecule has 37 heavy (non-hydrogen) atoms. The average Bonchev–Trinajstić information content (AvgIpc) is 3.30. The molecule has 0 radical (unpaired) electrons. The van der Waals surface area contributed by atoms with Crippen LogP contribution in [-0.4, -0.2) is 60.0 Å². The van der Waals surface area contributed by atoms with Crippen molar-refractivity contribution in [3.63, 3.8) is 0 Å². The van der Waals surface area contributed by atoms with Gasteiger partial charge in [0.15, 0.2) is 0 Å². The van der Waals surface area contributed by atoms with Crippen LogP contribution in [0.2, 0.25) is 0 Å². The number of amides is 1. The fourth-order valence-corrected chi connectivity index (χ4v) is 5.44. The van der Waals surface area contributed by atoms with Gasteiger partial charge in [0.2, 0.25) is 10.0 Å². The molecule has 0 unspecified atom stereocenters. The number of carboxylic acid groups (broad SMARTS) is 1. The Morgan fingerprint density at radius 2 is 1.76 bits per heavy atom. The van der Waals surface area contributed by atoms with E-state index in [1.807, 2.05) is 13.0 Å². The molecule has 1 aromatic heterocycles. The maximum absolute atomic E-state index is 13.7. The molecule has 1 amide bonds. The van der Waals surface area contributed by atoms with Gasteiger partial charge in [0.05, 0.1) is 4.90 Å². The molecule has 1 aliphatic rings. The molecular weight excluding hydrogens is 518 g/mol. The van der Waals surface area contributed by atoms with Crippen molar-refractivity contribution in [2.24, 2.45) is 0 Å². The van der Waals surface area contributed by atoms with Crippen LogP contribution in [0.25, 0.3) is 10.8 Å². The first kappa shape index (κ1) is 28.0. The van der Waals surface area contributed by atoms with Crippen molar-refractivity contribution in [3.8, 4) is 0 Å². The number of sulfonamides is 1. The van der Waals surface area contributed by atoms with Crippen molar-refractivity contribution in [2.45, 2.75) is 37.4 Å². The predicted octanol–water partition coefficient (Wildman–Crippen LogP) is 3.82. The number of aliphatic carboxylic acids is 1. The van der Waals surface area contributed by atoms with Crippen LogP contribution in [0.3, 0.4) is 0 Å². The lowest BCUT2D eigenvalue weighted by Gasteiger charge is -2.18. The molecule has 198 valence electrons. The molecule has 13 heteroatoms. The molecule has 0 bridgehead atoms. The van der Waals surface area contributed by atoms with Crippen LogP contribution in [0.1, 0.15) is 27.9 Å². The minimum Gasteiger partial charge on any atom is -0.475 e. The molecule has 1 fully saturated rings. The van der Waals surface area contributed by atoms with E-state index >= 15 is 0 Å². The number of carbonyl (C=O) groups excluding carboxylic acids is 1. The lowest BCUT2D eigenvalue weighted by molar-refractivity contribution is -0.192. The summed E-state index contributed by atoms with van der Waals surface area (Å²) in [4.78, 5) is 25.7. The summed E-state index contributed by atoms with van der Waals surface area (Å²) in [6, 6.07) is 9.14. The lowest BCUT2D eigenvalue weighted by atomic mass is 10.1. The first-order chi connectivity index (χ1) is 17.2. The van der Waals surface area contributed by atoms with Crippen molar-refractivity contribution >= 4 is 32.7 Å². The number of pyridine rings is 1. The Hall–Kier alpha value is -3.58. The highest BCUT2D eigenvalue weighted by Gasteiger charge is 2.38. The number of aromatic nitrogens is 1. The van der Waals surface area contributed by atoms with Crippen molar-refractivity contribution < 1.29 is 40.7 Å². The Labute approximate surface area is 210 Å². The summed E-state index contributed by atoms with van der Waals surface area (Å²) in [5, 5.41) is 11.4.